The van der Waals surface area contributed by atoms with E-state index < -0.39 is 0 Å². The van der Waals surface area contributed by atoms with Crippen LogP contribution in [-0.2, 0) is 6.54 Å². The molecule has 5 rings (SSSR count). The molecule has 8 heteroatoms. The van der Waals surface area contributed by atoms with Gasteiger partial charge in [0.05, 0.1) is 6.33 Å². The number of imidazole rings is 1. The molecule has 0 radical (unpaired) electrons. The van der Waals surface area contributed by atoms with Crippen molar-refractivity contribution in [2.24, 2.45) is 11.8 Å². The first-order valence-electron chi connectivity index (χ1n) is 9.18. The molecule has 5 heterocycles. The van der Waals surface area contributed by atoms with Crippen LogP contribution in [0.4, 0.5) is 11.6 Å². The Balaban J connectivity index is 1.36. The van der Waals surface area contributed by atoms with Crippen LogP contribution in [0.2, 0.25) is 0 Å². The standard InChI is InChI=1S/C18H22N8/c1-3-24-11-22-16-17(24)20-10-21-18(16)26-8-13-6-25(7-14(13)9-26)15-4-5-19-12(2)23-15/h4-5,10-11,13-14H,3,6-9H2,1-2H3. The van der Waals surface area contributed by atoms with Crippen molar-refractivity contribution in [3.63, 3.8) is 0 Å². The van der Waals surface area contributed by atoms with Gasteiger partial charge in [0.25, 0.3) is 0 Å². The summed E-state index contributed by atoms with van der Waals surface area (Å²) in [5.41, 5.74) is 1.84. The second kappa shape index (κ2) is 5.89. The summed E-state index contributed by atoms with van der Waals surface area (Å²) in [6, 6.07) is 2.01. The molecule has 0 amide bonds. The molecule has 2 fully saturated rings. The maximum absolute atomic E-state index is 4.58. The molecule has 2 aliphatic rings. The zero-order chi connectivity index (χ0) is 17.7. The Hall–Kier alpha value is -2.77. The lowest BCUT2D eigenvalue weighted by Crippen LogP contribution is -2.30. The molecule has 0 bridgehead atoms. The Morgan fingerprint density at radius 2 is 1.77 bits per heavy atom. The van der Waals surface area contributed by atoms with Gasteiger partial charge in [-0.3, -0.25) is 0 Å². The number of aromatic nitrogens is 6. The third kappa shape index (κ3) is 2.40. The fraction of sp³-hybridized carbons (Fsp3) is 0.500. The van der Waals surface area contributed by atoms with E-state index in [-0.39, 0.29) is 0 Å². The second-order valence-electron chi connectivity index (χ2n) is 7.19. The van der Waals surface area contributed by atoms with Crippen molar-refractivity contribution in [3.05, 3.63) is 30.7 Å². The number of nitrogens with zero attached hydrogens (tertiary/aromatic N) is 8. The first kappa shape index (κ1) is 15.5. The minimum absolute atomic E-state index is 0.628. The quantitative estimate of drug-likeness (QED) is 0.709. The first-order valence-corrected chi connectivity index (χ1v) is 9.18. The molecule has 0 saturated carbocycles. The van der Waals surface area contributed by atoms with Crippen molar-refractivity contribution in [1.29, 1.82) is 0 Å². The smallest absolute Gasteiger partial charge is 0.165 e. The van der Waals surface area contributed by atoms with Gasteiger partial charge in [0.2, 0.25) is 0 Å². The lowest BCUT2D eigenvalue weighted by molar-refractivity contribution is 0.533. The van der Waals surface area contributed by atoms with E-state index in [9.17, 15) is 0 Å². The summed E-state index contributed by atoms with van der Waals surface area (Å²) < 4.78 is 2.07. The molecule has 0 aliphatic carbocycles. The number of anilines is 2. The monoisotopic (exact) mass is 350 g/mol. The zero-order valence-corrected chi connectivity index (χ0v) is 15.1. The molecule has 2 aliphatic heterocycles. The Labute approximate surface area is 151 Å². The van der Waals surface area contributed by atoms with Gasteiger partial charge < -0.3 is 14.4 Å². The normalized spacial score (nSPS) is 22.4. The molecular formula is C18H22N8. The van der Waals surface area contributed by atoms with Crippen LogP contribution >= 0.6 is 0 Å². The van der Waals surface area contributed by atoms with Gasteiger partial charge in [0.1, 0.15) is 18.0 Å². The highest BCUT2D eigenvalue weighted by molar-refractivity contribution is 5.83. The lowest BCUT2D eigenvalue weighted by atomic mass is 10.0. The maximum Gasteiger partial charge on any atom is 0.165 e. The molecule has 8 nitrogen and oxygen atoms in total. The number of fused-ring (bicyclic) bond motifs is 2. The molecule has 3 aromatic rings. The SMILES string of the molecule is CCn1cnc2c(N3CC4CN(c5ccnc(C)n5)CC4C3)ncnc21. The van der Waals surface area contributed by atoms with Crippen LogP contribution in [0.3, 0.4) is 0 Å². The molecule has 0 spiro atoms. The van der Waals surface area contributed by atoms with Crippen LogP contribution in [0.15, 0.2) is 24.9 Å². The fourth-order valence-electron chi connectivity index (χ4n) is 4.30. The van der Waals surface area contributed by atoms with Crippen LogP contribution in [0.25, 0.3) is 11.2 Å². The van der Waals surface area contributed by atoms with Crippen LogP contribution in [0, 0.1) is 18.8 Å². The summed E-state index contributed by atoms with van der Waals surface area (Å²) in [5, 5.41) is 0. The Morgan fingerprint density at radius 3 is 2.50 bits per heavy atom. The number of rotatable bonds is 3. The van der Waals surface area contributed by atoms with Crippen LogP contribution < -0.4 is 9.80 Å². The van der Waals surface area contributed by atoms with Gasteiger partial charge in [-0.25, -0.2) is 24.9 Å². The van der Waals surface area contributed by atoms with E-state index in [1.807, 2.05) is 25.5 Å². The topological polar surface area (TPSA) is 75.9 Å². The van der Waals surface area contributed by atoms with Gasteiger partial charge in [0, 0.05) is 50.8 Å². The summed E-state index contributed by atoms with van der Waals surface area (Å²) >= 11 is 0. The average Bonchev–Trinajstić information content (AvgIpc) is 3.33. The van der Waals surface area contributed by atoms with Crippen molar-refractivity contribution in [2.75, 3.05) is 36.0 Å². The van der Waals surface area contributed by atoms with Gasteiger partial charge in [-0.1, -0.05) is 0 Å². The van der Waals surface area contributed by atoms with Crippen LogP contribution in [0.1, 0.15) is 12.7 Å². The van der Waals surface area contributed by atoms with Crippen LogP contribution in [0.5, 0.6) is 0 Å². The highest BCUT2D eigenvalue weighted by Gasteiger charge is 2.41. The van der Waals surface area contributed by atoms with E-state index in [1.54, 1.807) is 6.33 Å². The predicted octanol–water partition coefficient (Wildman–Crippen LogP) is 1.52. The number of hydrogen-bond acceptors (Lipinski definition) is 7. The fourth-order valence-corrected chi connectivity index (χ4v) is 4.30. The average molecular weight is 350 g/mol. The molecular weight excluding hydrogens is 328 g/mol. The third-order valence-electron chi connectivity index (χ3n) is 5.59. The van der Waals surface area contributed by atoms with Gasteiger partial charge in [-0.05, 0) is 19.9 Å². The molecule has 2 unspecified atom stereocenters. The summed E-state index contributed by atoms with van der Waals surface area (Å²) in [4.78, 5) is 27.1. The second-order valence-corrected chi connectivity index (χ2v) is 7.19. The van der Waals surface area contributed by atoms with E-state index in [1.165, 1.54) is 0 Å². The maximum atomic E-state index is 4.58. The van der Waals surface area contributed by atoms with Gasteiger partial charge in [-0.2, -0.15) is 0 Å². The summed E-state index contributed by atoms with van der Waals surface area (Å²) in [5.74, 6) is 4.11. The molecule has 0 aromatic carbocycles. The highest BCUT2D eigenvalue weighted by Crippen LogP contribution is 2.36. The van der Waals surface area contributed by atoms with Gasteiger partial charge >= 0.3 is 0 Å². The Kier molecular flexibility index (Phi) is 3.51. The van der Waals surface area contributed by atoms with E-state index in [0.717, 1.165) is 61.3 Å². The molecule has 26 heavy (non-hydrogen) atoms. The Morgan fingerprint density at radius 1 is 1.00 bits per heavy atom. The largest absolute Gasteiger partial charge is 0.356 e. The van der Waals surface area contributed by atoms with E-state index in [0.29, 0.717) is 11.8 Å². The third-order valence-corrected chi connectivity index (χ3v) is 5.59. The summed E-state index contributed by atoms with van der Waals surface area (Å²) in [6.45, 7) is 9.01. The van der Waals surface area contributed by atoms with E-state index in [2.05, 4.69) is 46.2 Å². The Bertz CT molecular complexity index is 937. The van der Waals surface area contributed by atoms with E-state index >= 15 is 0 Å². The molecule has 2 atom stereocenters. The summed E-state index contributed by atoms with van der Waals surface area (Å²) in [7, 11) is 0. The molecule has 3 aromatic heterocycles. The van der Waals surface area contributed by atoms with Crippen molar-refractivity contribution in [3.8, 4) is 0 Å². The zero-order valence-electron chi connectivity index (χ0n) is 15.1. The molecule has 134 valence electrons. The predicted molar refractivity (Wildman–Crippen MR) is 99.2 cm³/mol. The number of aryl methyl sites for hydroxylation is 2. The van der Waals surface area contributed by atoms with Gasteiger partial charge in [0.15, 0.2) is 17.0 Å². The number of hydrogen-bond donors (Lipinski definition) is 0. The van der Waals surface area contributed by atoms with Crippen molar-refractivity contribution in [1.82, 2.24) is 29.5 Å². The van der Waals surface area contributed by atoms with Crippen molar-refractivity contribution < 1.29 is 0 Å². The lowest BCUT2D eigenvalue weighted by Gasteiger charge is -2.23. The van der Waals surface area contributed by atoms with Crippen molar-refractivity contribution in [2.45, 2.75) is 20.4 Å². The van der Waals surface area contributed by atoms with Crippen LogP contribution in [-0.4, -0.2) is 55.7 Å². The highest BCUT2D eigenvalue weighted by atomic mass is 15.3. The molecule has 2 saturated heterocycles. The van der Waals surface area contributed by atoms with Gasteiger partial charge in [-0.15, -0.1) is 0 Å². The molecule has 0 N–H and O–H groups in total. The van der Waals surface area contributed by atoms with Crippen molar-refractivity contribution >= 4 is 22.8 Å². The summed E-state index contributed by atoms with van der Waals surface area (Å²) in [6.07, 6.45) is 5.37. The van der Waals surface area contributed by atoms with E-state index in [4.69, 9.17) is 0 Å². The minimum atomic E-state index is 0.628. The minimum Gasteiger partial charge on any atom is -0.356 e. The first-order chi connectivity index (χ1) is 12.7.